The lowest BCUT2D eigenvalue weighted by Gasteiger charge is -2.11. The molecule has 1 unspecified atom stereocenters. The molecule has 1 heterocycles. The van der Waals surface area contributed by atoms with Crippen LogP contribution in [0.3, 0.4) is 0 Å². The third-order valence-electron chi connectivity index (χ3n) is 2.94. The Morgan fingerprint density at radius 2 is 1.95 bits per heavy atom. The molecule has 0 bridgehead atoms. The summed E-state index contributed by atoms with van der Waals surface area (Å²) >= 11 is 1.45. The van der Waals surface area contributed by atoms with Gasteiger partial charge in [0.1, 0.15) is 0 Å². The molecule has 19 heavy (non-hydrogen) atoms. The second-order valence-electron chi connectivity index (χ2n) is 4.38. The molecule has 0 aliphatic rings. The number of aliphatic hydroxyl groups excluding tert-OH is 2. The van der Waals surface area contributed by atoms with Gasteiger partial charge in [-0.25, -0.2) is 4.98 Å². The summed E-state index contributed by atoms with van der Waals surface area (Å²) in [6, 6.07) is 10.0. The van der Waals surface area contributed by atoms with Crippen molar-refractivity contribution < 1.29 is 10.2 Å². The molecule has 2 N–H and O–H groups in total. The van der Waals surface area contributed by atoms with Gasteiger partial charge in [0.25, 0.3) is 0 Å². The highest BCUT2D eigenvalue weighted by molar-refractivity contribution is 7.99. The summed E-state index contributed by atoms with van der Waals surface area (Å²) in [6.07, 6.45) is -0.716. The van der Waals surface area contributed by atoms with E-state index >= 15 is 0 Å². The molecule has 1 aromatic heterocycles. The normalized spacial score (nSPS) is 12.6. The molecular weight excluding hydrogens is 260 g/mol. The molecule has 0 aliphatic carbocycles. The molecule has 2 aromatic rings. The lowest BCUT2D eigenvalue weighted by molar-refractivity contribution is 0.113. The van der Waals surface area contributed by atoms with Crippen molar-refractivity contribution in [2.45, 2.75) is 25.1 Å². The standard InChI is InChI=1S/C14H18N2O2S/c1-10-11(2)16(12-6-4-3-5-7-12)14(15-10)19-9-13(18)8-17/h3-7,13,17-18H,8-9H2,1-2H3. The molecule has 0 saturated carbocycles. The smallest absolute Gasteiger partial charge is 0.173 e. The van der Waals surface area contributed by atoms with Gasteiger partial charge in [0.2, 0.25) is 0 Å². The first kappa shape index (κ1) is 14.1. The summed E-state index contributed by atoms with van der Waals surface area (Å²) in [6.45, 7) is 3.78. The Kier molecular flexibility index (Phi) is 4.63. The van der Waals surface area contributed by atoms with E-state index in [1.807, 2.05) is 44.2 Å². The Labute approximate surface area is 117 Å². The first-order valence-electron chi connectivity index (χ1n) is 6.16. The van der Waals surface area contributed by atoms with Gasteiger partial charge in [-0.15, -0.1) is 0 Å². The Hall–Kier alpha value is -1.30. The number of hydrogen-bond donors (Lipinski definition) is 2. The highest BCUT2D eigenvalue weighted by Gasteiger charge is 2.14. The maximum Gasteiger partial charge on any atom is 0.173 e. The highest BCUT2D eigenvalue weighted by Crippen LogP contribution is 2.25. The number of benzene rings is 1. The maximum atomic E-state index is 9.45. The van der Waals surface area contributed by atoms with Gasteiger partial charge < -0.3 is 10.2 Å². The molecule has 0 fully saturated rings. The van der Waals surface area contributed by atoms with E-state index < -0.39 is 6.10 Å². The molecule has 0 saturated heterocycles. The number of imidazole rings is 1. The minimum Gasteiger partial charge on any atom is -0.394 e. The molecule has 0 amide bonds. The van der Waals surface area contributed by atoms with Crippen molar-refractivity contribution in [2.24, 2.45) is 0 Å². The van der Waals surface area contributed by atoms with Gasteiger partial charge in [0.05, 0.1) is 18.4 Å². The largest absolute Gasteiger partial charge is 0.394 e. The van der Waals surface area contributed by atoms with Gasteiger partial charge in [-0.3, -0.25) is 4.57 Å². The maximum absolute atomic E-state index is 9.45. The van der Waals surface area contributed by atoms with Gasteiger partial charge in [-0.1, -0.05) is 30.0 Å². The first-order chi connectivity index (χ1) is 9.13. The minimum absolute atomic E-state index is 0.225. The predicted molar refractivity (Wildman–Crippen MR) is 76.9 cm³/mol. The number of aryl methyl sites for hydroxylation is 1. The average Bonchev–Trinajstić information content (AvgIpc) is 2.72. The van der Waals surface area contributed by atoms with Crippen molar-refractivity contribution in [3.05, 3.63) is 41.7 Å². The number of hydrogen-bond acceptors (Lipinski definition) is 4. The van der Waals surface area contributed by atoms with Crippen molar-refractivity contribution >= 4 is 11.8 Å². The van der Waals surface area contributed by atoms with E-state index in [2.05, 4.69) is 9.55 Å². The number of nitrogens with zero attached hydrogens (tertiary/aromatic N) is 2. The Balaban J connectivity index is 2.32. The van der Waals surface area contributed by atoms with Crippen LogP contribution in [-0.2, 0) is 0 Å². The molecule has 1 atom stereocenters. The molecule has 4 nitrogen and oxygen atoms in total. The van der Waals surface area contributed by atoms with Gasteiger partial charge >= 0.3 is 0 Å². The van der Waals surface area contributed by atoms with E-state index in [0.29, 0.717) is 5.75 Å². The molecule has 0 radical (unpaired) electrons. The molecule has 5 heteroatoms. The molecule has 102 valence electrons. The molecule has 1 aromatic carbocycles. The summed E-state index contributed by atoms with van der Waals surface area (Å²) in [5.41, 5.74) is 3.12. The summed E-state index contributed by atoms with van der Waals surface area (Å²) in [5, 5.41) is 19.2. The van der Waals surface area contributed by atoms with E-state index in [9.17, 15) is 5.11 Å². The Bertz CT molecular complexity index is 540. The van der Waals surface area contributed by atoms with Crippen molar-refractivity contribution in [2.75, 3.05) is 12.4 Å². The molecule has 2 rings (SSSR count). The number of aromatic nitrogens is 2. The van der Waals surface area contributed by atoms with Crippen molar-refractivity contribution in [1.82, 2.24) is 9.55 Å². The SMILES string of the molecule is Cc1nc(SCC(O)CO)n(-c2ccccc2)c1C. The van der Waals surface area contributed by atoms with Crippen LogP contribution in [0.1, 0.15) is 11.4 Å². The fraction of sp³-hybridized carbons (Fsp3) is 0.357. The van der Waals surface area contributed by atoms with Crippen LogP contribution in [0.5, 0.6) is 0 Å². The predicted octanol–water partition coefficient (Wildman–Crippen LogP) is 1.93. The van der Waals surface area contributed by atoms with Gasteiger partial charge in [-0.05, 0) is 26.0 Å². The zero-order chi connectivity index (χ0) is 13.8. The third kappa shape index (κ3) is 3.18. The average molecular weight is 278 g/mol. The topological polar surface area (TPSA) is 58.3 Å². The van der Waals surface area contributed by atoms with Crippen molar-refractivity contribution in [1.29, 1.82) is 0 Å². The van der Waals surface area contributed by atoms with Crippen LogP contribution in [0.4, 0.5) is 0 Å². The minimum atomic E-state index is -0.716. The Morgan fingerprint density at radius 1 is 1.26 bits per heavy atom. The lowest BCUT2D eigenvalue weighted by Crippen LogP contribution is -2.15. The van der Waals surface area contributed by atoms with E-state index in [4.69, 9.17) is 5.11 Å². The van der Waals surface area contributed by atoms with Crippen LogP contribution in [0.2, 0.25) is 0 Å². The Morgan fingerprint density at radius 3 is 2.58 bits per heavy atom. The highest BCUT2D eigenvalue weighted by atomic mass is 32.2. The summed E-state index contributed by atoms with van der Waals surface area (Å²) in [7, 11) is 0. The van der Waals surface area contributed by atoms with Crippen LogP contribution in [0.25, 0.3) is 5.69 Å². The van der Waals surface area contributed by atoms with Crippen LogP contribution >= 0.6 is 11.8 Å². The molecular formula is C14H18N2O2S. The zero-order valence-electron chi connectivity index (χ0n) is 11.1. The summed E-state index contributed by atoms with van der Waals surface area (Å²) < 4.78 is 2.07. The van der Waals surface area contributed by atoms with Gasteiger partial charge in [0, 0.05) is 17.1 Å². The van der Waals surface area contributed by atoms with Crippen LogP contribution in [0, 0.1) is 13.8 Å². The monoisotopic (exact) mass is 278 g/mol. The number of para-hydroxylation sites is 1. The molecule has 0 aliphatic heterocycles. The van der Waals surface area contributed by atoms with E-state index in [-0.39, 0.29) is 6.61 Å². The number of aliphatic hydroxyl groups is 2. The second-order valence-corrected chi connectivity index (χ2v) is 5.37. The van der Waals surface area contributed by atoms with Crippen LogP contribution in [-0.4, -0.2) is 38.2 Å². The molecule has 0 spiro atoms. The zero-order valence-corrected chi connectivity index (χ0v) is 11.9. The quantitative estimate of drug-likeness (QED) is 0.821. The number of rotatable bonds is 5. The second kappa shape index (κ2) is 6.23. The van der Waals surface area contributed by atoms with Crippen LogP contribution < -0.4 is 0 Å². The summed E-state index contributed by atoms with van der Waals surface area (Å²) in [4.78, 5) is 4.53. The van der Waals surface area contributed by atoms with E-state index in [1.165, 1.54) is 11.8 Å². The first-order valence-corrected chi connectivity index (χ1v) is 7.15. The fourth-order valence-electron chi connectivity index (χ4n) is 1.78. The van der Waals surface area contributed by atoms with Crippen molar-refractivity contribution in [3.63, 3.8) is 0 Å². The summed E-state index contributed by atoms with van der Waals surface area (Å²) in [5.74, 6) is 0.430. The third-order valence-corrected chi connectivity index (χ3v) is 4.03. The lowest BCUT2D eigenvalue weighted by atomic mass is 10.3. The van der Waals surface area contributed by atoms with Crippen molar-refractivity contribution in [3.8, 4) is 5.69 Å². The van der Waals surface area contributed by atoms with E-state index in [0.717, 1.165) is 22.2 Å². The van der Waals surface area contributed by atoms with Gasteiger partial charge in [-0.2, -0.15) is 0 Å². The fourth-order valence-corrected chi connectivity index (χ4v) is 2.80. The van der Waals surface area contributed by atoms with E-state index in [1.54, 1.807) is 0 Å². The van der Waals surface area contributed by atoms with Crippen LogP contribution in [0.15, 0.2) is 35.5 Å². The van der Waals surface area contributed by atoms with Gasteiger partial charge in [0.15, 0.2) is 5.16 Å². The number of thioether (sulfide) groups is 1.